The minimum Gasteiger partial charge on any atom is -0.445 e. The molecule has 0 bridgehead atoms. The van der Waals surface area contributed by atoms with Gasteiger partial charge in [-0.2, -0.15) is 0 Å². The number of benzene rings is 3. The van der Waals surface area contributed by atoms with Crippen LogP contribution in [0.3, 0.4) is 0 Å². The van der Waals surface area contributed by atoms with Crippen LogP contribution in [0.1, 0.15) is 53.9 Å². The number of carbonyl (C=O) groups is 4. The lowest BCUT2D eigenvalue weighted by atomic mass is 9.78. The highest BCUT2D eigenvalue weighted by atomic mass is 16.5. The lowest BCUT2D eigenvalue weighted by Crippen LogP contribution is -2.64. The molecule has 0 saturated carbocycles. The van der Waals surface area contributed by atoms with Crippen molar-refractivity contribution in [3.8, 4) is 0 Å². The van der Waals surface area contributed by atoms with Gasteiger partial charge in [-0.15, -0.1) is 0 Å². The highest BCUT2D eigenvalue weighted by Gasteiger charge is 2.45. The Kier molecular flexibility index (Phi) is 8.99. The van der Waals surface area contributed by atoms with E-state index in [2.05, 4.69) is 20.9 Å². The fourth-order valence-corrected chi connectivity index (χ4v) is 5.63. The number of amides is 4. The molecule has 0 unspecified atom stereocenters. The van der Waals surface area contributed by atoms with E-state index in [-0.39, 0.29) is 18.9 Å². The molecule has 1 aromatic heterocycles. The lowest BCUT2D eigenvalue weighted by molar-refractivity contribution is -0.132. The van der Waals surface area contributed by atoms with Crippen LogP contribution in [-0.2, 0) is 33.8 Å². The van der Waals surface area contributed by atoms with Crippen LogP contribution in [0.15, 0.2) is 78.9 Å². The summed E-state index contributed by atoms with van der Waals surface area (Å²) in [5, 5.41) is 9.72. The number of alkyl carbamates (subject to hydrolysis) is 1. The Morgan fingerprint density at radius 1 is 0.977 bits per heavy atom. The van der Waals surface area contributed by atoms with Gasteiger partial charge in [0, 0.05) is 34.3 Å². The molecule has 3 atom stereocenters. The number of aromatic nitrogens is 1. The molecule has 1 aliphatic rings. The van der Waals surface area contributed by atoms with Crippen molar-refractivity contribution in [1.29, 1.82) is 0 Å². The normalized spacial score (nSPS) is 17.1. The minimum absolute atomic E-state index is 0.0613. The number of nitrogens with two attached hydrogens (primary N) is 1. The minimum atomic E-state index is -1.32. The van der Waals surface area contributed by atoms with Gasteiger partial charge in [0.25, 0.3) is 0 Å². The molecule has 0 fully saturated rings. The van der Waals surface area contributed by atoms with Crippen molar-refractivity contribution in [3.05, 3.63) is 101 Å². The first kappa shape index (κ1) is 30.3. The van der Waals surface area contributed by atoms with Crippen LogP contribution in [0, 0.1) is 5.92 Å². The zero-order chi connectivity index (χ0) is 31.3. The summed E-state index contributed by atoms with van der Waals surface area (Å²) in [5.41, 5.74) is 8.59. The average Bonchev–Trinajstić information content (AvgIpc) is 3.40. The van der Waals surface area contributed by atoms with Crippen molar-refractivity contribution >= 4 is 40.4 Å². The second-order valence-electron chi connectivity index (χ2n) is 11.3. The van der Waals surface area contributed by atoms with Crippen molar-refractivity contribution in [2.75, 3.05) is 5.32 Å². The summed E-state index contributed by atoms with van der Waals surface area (Å²) in [6.45, 7) is 3.86. The van der Waals surface area contributed by atoms with Crippen LogP contribution in [0.2, 0.25) is 0 Å². The van der Waals surface area contributed by atoms with E-state index >= 15 is 0 Å². The lowest BCUT2D eigenvalue weighted by Gasteiger charge is -2.38. The molecule has 1 aliphatic carbocycles. The van der Waals surface area contributed by atoms with E-state index in [1.807, 2.05) is 68.4 Å². The maximum absolute atomic E-state index is 14.1. The van der Waals surface area contributed by atoms with Crippen LogP contribution < -0.4 is 21.7 Å². The van der Waals surface area contributed by atoms with Crippen molar-refractivity contribution in [2.24, 2.45) is 11.7 Å². The quantitative estimate of drug-likeness (QED) is 0.181. The van der Waals surface area contributed by atoms with Gasteiger partial charge in [0.1, 0.15) is 18.2 Å². The van der Waals surface area contributed by atoms with E-state index in [1.165, 1.54) is 12.1 Å². The number of anilines is 1. The number of ether oxygens (including phenoxy) is 1. The SMILES string of the molecule is CC[C@H](C)[C@H](NC(=O)OCc1ccccc1)C(=O)N[C@@]1(C(=O)Nc2ccc(C(N)=O)cc2)CCc2[nH]c3ccccc3c2C1. The van der Waals surface area contributed by atoms with Gasteiger partial charge in [-0.25, -0.2) is 4.79 Å². The highest BCUT2D eigenvalue weighted by molar-refractivity contribution is 6.03. The third-order valence-corrected chi connectivity index (χ3v) is 8.39. The highest BCUT2D eigenvalue weighted by Crippen LogP contribution is 2.35. The summed E-state index contributed by atoms with van der Waals surface area (Å²) >= 11 is 0. The number of fused-ring (bicyclic) bond motifs is 3. The van der Waals surface area contributed by atoms with Gasteiger partial charge in [0.2, 0.25) is 17.7 Å². The molecule has 0 spiro atoms. The van der Waals surface area contributed by atoms with E-state index < -0.39 is 35.4 Å². The van der Waals surface area contributed by atoms with Gasteiger partial charge >= 0.3 is 6.09 Å². The van der Waals surface area contributed by atoms with E-state index in [9.17, 15) is 19.2 Å². The average molecular weight is 596 g/mol. The number of aromatic amines is 1. The third-order valence-electron chi connectivity index (χ3n) is 8.39. The largest absolute Gasteiger partial charge is 0.445 e. The molecule has 0 aliphatic heterocycles. The molecule has 0 radical (unpaired) electrons. The van der Waals surface area contributed by atoms with Gasteiger partial charge in [0.05, 0.1) is 0 Å². The predicted octanol–water partition coefficient (Wildman–Crippen LogP) is 4.59. The molecule has 3 aromatic carbocycles. The number of carbonyl (C=O) groups excluding carboxylic acids is 4. The number of nitrogens with one attached hydrogen (secondary N) is 4. The van der Waals surface area contributed by atoms with Crippen molar-refractivity contribution < 1.29 is 23.9 Å². The Hall–Kier alpha value is -5.12. The number of para-hydroxylation sites is 1. The first-order valence-electron chi connectivity index (χ1n) is 14.8. The van der Waals surface area contributed by atoms with Crippen LogP contribution >= 0.6 is 0 Å². The smallest absolute Gasteiger partial charge is 0.408 e. The third kappa shape index (κ3) is 6.59. The summed E-state index contributed by atoms with van der Waals surface area (Å²) in [4.78, 5) is 55.9. The molecule has 10 nitrogen and oxygen atoms in total. The van der Waals surface area contributed by atoms with E-state index in [0.29, 0.717) is 30.5 Å². The molecular weight excluding hydrogens is 558 g/mol. The van der Waals surface area contributed by atoms with Crippen LogP contribution in [-0.4, -0.2) is 40.4 Å². The molecule has 1 heterocycles. The molecule has 5 rings (SSSR count). The Morgan fingerprint density at radius 3 is 2.39 bits per heavy atom. The topological polar surface area (TPSA) is 155 Å². The van der Waals surface area contributed by atoms with E-state index in [4.69, 9.17) is 10.5 Å². The number of hydrogen-bond acceptors (Lipinski definition) is 5. The van der Waals surface area contributed by atoms with Gasteiger partial charge in [-0.1, -0.05) is 68.8 Å². The monoisotopic (exact) mass is 595 g/mol. The van der Waals surface area contributed by atoms with Crippen molar-refractivity contribution in [1.82, 2.24) is 15.6 Å². The fourth-order valence-electron chi connectivity index (χ4n) is 5.63. The molecule has 10 heteroatoms. The number of H-pyrrole nitrogens is 1. The van der Waals surface area contributed by atoms with Gasteiger partial charge in [-0.3, -0.25) is 14.4 Å². The number of primary amides is 1. The number of hydrogen-bond donors (Lipinski definition) is 5. The van der Waals surface area contributed by atoms with Gasteiger partial charge in [-0.05, 0) is 60.2 Å². The van der Waals surface area contributed by atoms with E-state index in [0.717, 1.165) is 27.7 Å². The summed E-state index contributed by atoms with van der Waals surface area (Å²) in [6.07, 6.45) is 0.989. The van der Waals surface area contributed by atoms with Crippen molar-refractivity contribution in [2.45, 2.75) is 57.7 Å². The zero-order valence-corrected chi connectivity index (χ0v) is 24.8. The van der Waals surface area contributed by atoms with E-state index in [1.54, 1.807) is 12.1 Å². The second-order valence-corrected chi connectivity index (χ2v) is 11.3. The van der Waals surface area contributed by atoms with Gasteiger partial charge in [0.15, 0.2) is 0 Å². The van der Waals surface area contributed by atoms with Crippen LogP contribution in [0.5, 0.6) is 0 Å². The predicted molar refractivity (Wildman–Crippen MR) is 168 cm³/mol. The second kappa shape index (κ2) is 13.0. The summed E-state index contributed by atoms with van der Waals surface area (Å²) in [7, 11) is 0. The van der Waals surface area contributed by atoms with Gasteiger partial charge < -0.3 is 31.4 Å². The standard InChI is InChI=1S/C34H37N5O5/c1-3-21(2)29(38-33(43)44-20-22-9-5-4-6-10-22)31(41)39-34(32(42)36-24-15-13-23(14-16-24)30(35)40)18-17-28-26(19-34)25-11-7-8-12-27(25)37-28/h4-16,21,29,37H,3,17-20H2,1-2H3,(H2,35,40)(H,36,42)(H,38,43)(H,39,41)/t21-,29-,34-/m0/s1. The number of aryl methyl sites for hydroxylation is 1. The Bertz CT molecular complexity index is 1670. The number of rotatable bonds is 10. The maximum Gasteiger partial charge on any atom is 0.408 e. The Morgan fingerprint density at radius 2 is 1.68 bits per heavy atom. The molecule has 0 saturated heterocycles. The molecule has 44 heavy (non-hydrogen) atoms. The summed E-state index contributed by atoms with van der Waals surface area (Å²) in [6, 6.07) is 22.5. The molecule has 228 valence electrons. The zero-order valence-electron chi connectivity index (χ0n) is 24.8. The summed E-state index contributed by atoms with van der Waals surface area (Å²) < 4.78 is 5.41. The van der Waals surface area contributed by atoms with Crippen LogP contribution in [0.4, 0.5) is 10.5 Å². The summed E-state index contributed by atoms with van der Waals surface area (Å²) in [5.74, 6) is -1.69. The molecule has 4 aromatic rings. The first-order chi connectivity index (χ1) is 21.2. The molecule has 6 N–H and O–H groups in total. The molecular formula is C34H37N5O5. The maximum atomic E-state index is 14.1. The Labute approximate surface area is 255 Å². The molecule has 4 amide bonds. The first-order valence-corrected chi connectivity index (χ1v) is 14.8. The van der Waals surface area contributed by atoms with Crippen molar-refractivity contribution in [3.63, 3.8) is 0 Å². The Balaban J connectivity index is 1.41. The fraction of sp³-hybridized carbons (Fsp3) is 0.294. The van der Waals surface area contributed by atoms with Crippen LogP contribution in [0.25, 0.3) is 10.9 Å².